The van der Waals surface area contributed by atoms with E-state index in [-0.39, 0.29) is 18.7 Å². The Morgan fingerprint density at radius 1 is 0.949 bits per heavy atom. The Bertz CT molecular complexity index is 1380. The molecule has 39 heavy (non-hydrogen) atoms. The number of anilines is 1. The number of ether oxygens (including phenoxy) is 2. The number of likely N-dealkylation sites (tertiary alicyclic amines) is 1. The third-order valence-corrected chi connectivity index (χ3v) is 6.07. The molecule has 1 saturated heterocycles. The normalized spacial score (nSPS) is 16.9. The maximum atomic E-state index is 13.7. The Morgan fingerprint density at radius 2 is 1.64 bits per heavy atom. The maximum Gasteiger partial charge on any atom is 0.410 e. The molecule has 1 fully saturated rings. The van der Waals surface area contributed by atoms with E-state index >= 15 is 0 Å². The minimum atomic E-state index is -0.854. The Hall–Kier alpha value is -4.11. The van der Waals surface area contributed by atoms with Gasteiger partial charge in [0.2, 0.25) is 0 Å². The molecule has 0 aliphatic carbocycles. The van der Waals surface area contributed by atoms with Crippen LogP contribution in [0, 0.1) is 5.82 Å². The second kappa shape index (κ2) is 11.7. The minimum Gasteiger partial charge on any atom is -0.455 e. The number of rotatable bonds is 5. The van der Waals surface area contributed by atoms with Gasteiger partial charge in [-0.3, -0.25) is 0 Å². The summed E-state index contributed by atoms with van der Waals surface area (Å²) in [6, 6.07) is 18.0. The van der Waals surface area contributed by atoms with E-state index in [2.05, 4.69) is 10.6 Å². The molecule has 1 heterocycles. The van der Waals surface area contributed by atoms with Gasteiger partial charge in [-0.05, 0) is 74.4 Å². The first kappa shape index (κ1) is 27.9. The van der Waals surface area contributed by atoms with Crippen LogP contribution in [0.15, 0.2) is 72.8 Å². The summed E-state index contributed by atoms with van der Waals surface area (Å²) in [5.41, 5.74) is 1.25. The minimum absolute atomic E-state index is 0.0202. The predicted molar refractivity (Wildman–Crippen MR) is 146 cm³/mol. The highest BCUT2D eigenvalue weighted by molar-refractivity contribution is 6.30. The zero-order valence-corrected chi connectivity index (χ0v) is 22.5. The molecule has 3 amide bonds. The summed E-state index contributed by atoms with van der Waals surface area (Å²) < 4.78 is 25.0. The molecule has 10 heteroatoms. The molecule has 0 saturated carbocycles. The number of benzene rings is 3. The van der Waals surface area contributed by atoms with E-state index < -0.39 is 41.7 Å². The van der Waals surface area contributed by atoms with Gasteiger partial charge >= 0.3 is 18.1 Å². The van der Waals surface area contributed by atoms with Crippen molar-refractivity contribution in [1.82, 2.24) is 10.2 Å². The Balaban J connectivity index is 1.50. The smallest absolute Gasteiger partial charge is 0.410 e. The quantitative estimate of drug-likeness (QED) is 0.371. The second-order valence-electron chi connectivity index (χ2n) is 10.1. The monoisotopic (exact) mass is 553 g/mol. The summed E-state index contributed by atoms with van der Waals surface area (Å²) in [4.78, 5) is 40.0. The van der Waals surface area contributed by atoms with Crippen LogP contribution in [-0.2, 0) is 9.47 Å². The molecular formula is C29H29ClFN3O5. The summed E-state index contributed by atoms with van der Waals surface area (Å²) in [6.45, 7) is 5.33. The van der Waals surface area contributed by atoms with Crippen LogP contribution in [0.2, 0.25) is 5.02 Å². The highest BCUT2D eigenvalue weighted by atomic mass is 35.5. The van der Waals surface area contributed by atoms with E-state index in [9.17, 15) is 18.8 Å². The number of esters is 1. The number of nitrogens with zero attached hydrogens (tertiary/aromatic N) is 1. The molecule has 0 bridgehead atoms. The van der Waals surface area contributed by atoms with Crippen molar-refractivity contribution in [2.45, 2.75) is 38.5 Å². The Labute approximate surface area is 231 Å². The van der Waals surface area contributed by atoms with Crippen LogP contribution in [0.5, 0.6) is 0 Å². The maximum absolute atomic E-state index is 13.7. The number of halogens is 2. The molecule has 3 aromatic rings. The molecule has 2 atom stereocenters. The number of hydrogen-bond donors (Lipinski definition) is 2. The van der Waals surface area contributed by atoms with E-state index in [0.717, 1.165) is 0 Å². The van der Waals surface area contributed by atoms with Crippen molar-refractivity contribution in [1.29, 1.82) is 0 Å². The van der Waals surface area contributed by atoms with E-state index in [1.54, 1.807) is 81.4 Å². The van der Waals surface area contributed by atoms with Gasteiger partial charge in [0.1, 0.15) is 17.5 Å². The highest BCUT2D eigenvalue weighted by Gasteiger charge is 2.40. The fourth-order valence-electron chi connectivity index (χ4n) is 4.11. The van der Waals surface area contributed by atoms with Gasteiger partial charge in [-0.25, -0.2) is 18.8 Å². The first-order valence-electron chi connectivity index (χ1n) is 12.3. The van der Waals surface area contributed by atoms with Gasteiger partial charge in [0, 0.05) is 17.3 Å². The average molecular weight is 554 g/mol. The molecule has 3 aromatic carbocycles. The van der Waals surface area contributed by atoms with Crippen molar-refractivity contribution in [3.63, 3.8) is 0 Å². The Kier molecular flexibility index (Phi) is 8.40. The van der Waals surface area contributed by atoms with Crippen molar-refractivity contribution in [3.05, 3.63) is 89.2 Å². The van der Waals surface area contributed by atoms with Gasteiger partial charge in [0.15, 0.2) is 0 Å². The van der Waals surface area contributed by atoms with Gasteiger partial charge in [-0.15, -0.1) is 0 Å². The number of urea groups is 1. The molecule has 204 valence electrons. The van der Waals surface area contributed by atoms with E-state index in [4.69, 9.17) is 21.1 Å². The first-order valence-corrected chi connectivity index (χ1v) is 12.7. The van der Waals surface area contributed by atoms with Crippen LogP contribution in [0.3, 0.4) is 0 Å². The number of amides is 3. The van der Waals surface area contributed by atoms with Gasteiger partial charge < -0.3 is 25.0 Å². The molecule has 0 aromatic heterocycles. The van der Waals surface area contributed by atoms with E-state index in [1.807, 2.05) is 0 Å². The molecule has 0 unspecified atom stereocenters. The average Bonchev–Trinajstić information content (AvgIpc) is 3.25. The summed E-state index contributed by atoms with van der Waals surface area (Å²) in [5.74, 6) is -1.04. The van der Waals surface area contributed by atoms with Crippen LogP contribution >= 0.6 is 11.6 Å². The molecule has 0 radical (unpaired) electrons. The van der Waals surface area contributed by atoms with Crippen LogP contribution in [0.25, 0.3) is 11.1 Å². The molecule has 8 nitrogen and oxygen atoms in total. The third kappa shape index (κ3) is 7.70. The van der Waals surface area contributed by atoms with Crippen LogP contribution in [-0.4, -0.2) is 53.8 Å². The lowest BCUT2D eigenvalue weighted by atomic mass is 10.0. The second-order valence-corrected chi connectivity index (χ2v) is 10.6. The highest BCUT2D eigenvalue weighted by Crippen LogP contribution is 2.24. The first-order chi connectivity index (χ1) is 18.5. The SMILES string of the molecule is CC(C)(C)OC(=O)N1C[C@H](NC(=O)Nc2cccc(Cl)c2)[C@@H](OC(=O)c2cccc(-c3cccc(F)c3)c2)C1. The molecule has 0 spiro atoms. The van der Waals surface area contributed by atoms with Crippen molar-refractivity contribution in [2.24, 2.45) is 0 Å². The number of nitrogens with one attached hydrogen (secondary N) is 2. The molecule has 2 N–H and O–H groups in total. The number of hydrogen-bond acceptors (Lipinski definition) is 5. The van der Waals surface area contributed by atoms with Crippen molar-refractivity contribution in [3.8, 4) is 11.1 Å². The van der Waals surface area contributed by atoms with Gasteiger partial charge in [0.25, 0.3) is 0 Å². The van der Waals surface area contributed by atoms with E-state index in [1.165, 1.54) is 17.0 Å². The summed E-state index contributed by atoms with van der Waals surface area (Å²) in [5, 5.41) is 5.93. The number of carbonyl (C=O) groups is 3. The Morgan fingerprint density at radius 3 is 2.33 bits per heavy atom. The lowest BCUT2D eigenvalue weighted by Gasteiger charge is -2.24. The zero-order valence-electron chi connectivity index (χ0n) is 21.7. The molecule has 1 aliphatic heterocycles. The third-order valence-electron chi connectivity index (χ3n) is 5.83. The van der Waals surface area contributed by atoms with Crippen LogP contribution in [0.4, 0.5) is 19.7 Å². The van der Waals surface area contributed by atoms with Crippen LogP contribution < -0.4 is 10.6 Å². The van der Waals surface area contributed by atoms with Crippen molar-refractivity contribution < 1.29 is 28.2 Å². The fourth-order valence-corrected chi connectivity index (χ4v) is 4.30. The standard InChI is InChI=1S/C29H29ClFN3O5/c1-29(2,3)39-28(37)34-16-24(33-27(36)32-23-12-6-10-21(30)15-23)25(17-34)38-26(35)20-9-4-7-18(13-20)19-8-5-11-22(31)14-19/h4-15,24-25H,16-17H2,1-3H3,(H2,32,33,36)/t24-,25-/m0/s1. The number of carbonyl (C=O) groups excluding carboxylic acids is 3. The lowest BCUT2D eigenvalue weighted by molar-refractivity contribution is 0.0180. The van der Waals surface area contributed by atoms with Gasteiger partial charge in [0.05, 0.1) is 18.2 Å². The molecule has 4 rings (SSSR count). The molecular weight excluding hydrogens is 525 g/mol. The summed E-state index contributed by atoms with van der Waals surface area (Å²) >= 11 is 6.00. The van der Waals surface area contributed by atoms with Crippen molar-refractivity contribution >= 4 is 35.4 Å². The van der Waals surface area contributed by atoms with E-state index in [0.29, 0.717) is 21.8 Å². The topological polar surface area (TPSA) is 97.0 Å². The molecule has 1 aliphatic rings. The lowest BCUT2D eigenvalue weighted by Crippen LogP contribution is -2.46. The van der Waals surface area contributed by atoms with Crippen molar-refractivity contribution in [2.75, 3.05) is 18.4 Å². The zero-order chi connectivity index (χ0) is 28.2. The van der Waals surface area contributed by atoms with Gasteiger partial charge in [-0.2, -0.15) is 0 Å². The summed E-state index contributed by atoms with van der Waals surface area (Å²) in [7, 11) is 0. The largest absolute Gasteiger partial charge is 0.455 e. The van der Waals surface area contributed by atoms with Gasteiger partial charge in [-0.1, -0.05) is 41.9 Å². The fraction of sp³-hybridized carbons (Fsp3) is 0.276. The predicted octanol–water partition coefficient (Wildman–Crippen LogP) is 6.11. The summed E-state index contributed by atoms with van der Waals surface area (Å²) in [6.07, 6.45) is -1.44. The van der Waals surface area contributed by atoms with Crippen LogP contribution in [0.1, 0.15) is 31.1 Å².